The molecule has 2 aromatic rings. The van der Waals surface area contributed by atoms with E-state index >= 15 is 0 Å². The number of hydrogen-bond donors (Lipinski definition) is 3. The van der Waals surface area contributed by atoms with Crippen molar-refractivity contribution in [2.45, 2.75) is 26.7 Å². The van der Waals surface area contributed by atoms with Crippen molar-refractivity contribution in [3.63, 3.8) is 0 Å². The van der Waals surface area contributed by atoms with Crippen LogP contribution in [0.25, 0.3) is 11.1 Å². The minimum Gasteiger partial charge on any atom is -0.504 e. The summed E-state index contributed by atoms with van der Waals surface area (Å²) in [6.45, 7) is 3.99. The first kappa shape index (κ1) is 13.3. The molecule has 0 fully saturated rings. The zero-order valence-electron chi connectivity index (χ0n) is 11.1. The normalized spacial score (nSPS) is 10.6. The molecule has 0 aromatic heterocycles. The molecule has 3 N–H and O–H groups in total. The van der Waals surface area contributed by atoms with E-state index in [0.717, 1.165) is 23.1 Å². The molecule has 0 unspecified atom stereocenters. The fourth-order valence-corrected chi connectivity index (χ4v) is 2.35. The summed E-state index contributed by atoms with van der Waals surface area (Å²) in [5.41, 5.74) is 3.41. The van der Waals surface area contributed by atoms with Crippen LogP contribution in [0.2, 0.25) is 0 Å². The van der Waals surface area contributed by atoms with Crippen LogP contribution in [0.3, 0.4) is 0 Å². The fraction of sp³-hybridized carbons (Fsp3) is 0.250. The van der Waals surface area contributed by atoms with Crippen molar-refractivity contribution < 1.29 is 15.3 Å². The molecule has 0 spiro atoms. The lowest BCUT2D eigenvalue weighted by atomic mass is 9.92. The van der Waals surface area contributed by atoms with Gasteiger partial charge in [0.05, 0.1) is 0 Å². The van der Waals surface area contributed by atoms with Gasteiger partial charge in [-0.2, -0.15) is 0 Å². The molecular formula is C16H18O3. The second-order valence-corrected chi connectivity index (χ2v) is 4.49. The number of aryl methyl sites for hydroxylation is 2. The predicted octanol–water partition coefficient (Wildman–Crippen LogP) is 3.60. The van der Waals surface area contributed by atoms with Gasteiger partial charge in [-0.15, -0.1) is 0 Å². The maximum absolute atomic E-state index is 10.2. The molecule has 0 aliphatic rings. The van der Waals surface area contributed by atoms with Crippen molar-refractivity contribution in [2.24, 2.45) is 0 Å². The van der Waals surface area contributed by atoms with Crippen LogP contribution in [0, 0.1) is 0 Å². The Hall–Kier alpha value is -2.16. The Kier molecular flexibility index (Phi) is 3.65. The Morgan fingerprint density at radius 1 is 0.842 bits per heavy atom. The first-order chi connectivity index (χ1) is 9.10. The van der Waals surface area contributed by atoms with Gasteiger partial charge in [0.2, 0.25) is 5.75 Å². The number of benzene rings is 2. The molecule has 3 nitrogen and oxygen atoms in total. The van der Waals surface area contributed by atoms with Gasteiger partial charge in [0, 0.05) is 5.56 Å². The summed E-state index contributed by atoms with van der Waals surface area (Å²) in [5, 5.41) is 29.5. The van der Waals surface area contributed by atoms with E-state index in [1.54, 1.807) is 0 Å². The van der Waals surface area contributed by atoms with Crippen LogP contribution in [-0.2, 0) is 12.8 Å². The molecule has 0 heterocycles. The number of rotatable bonds is 3. The Balaban J connectivity index is 2.77. The SMILES string of the molecule is CCc1ccccc1-c1c(CC)cc(O)c(O)c1O. The maximum Gasteiger partial charge on any atom is 0.200 e. The lowest BCUT2D eigenvalue weighted by Crippen LogP contribution is -1.93. The van der Waals surface area contributed by atoms with Gasteiger partial charge in [-0.25, -0.2) is 0 Å². The average Bonchev–Trinajstić information content (AvgIpc) is 2.44. The second kappa shape index (κ2) is 5.22. The lowest BCUT2D eigenvalue weighted by Gasteiger charge is -2.15. The van der Waals surface area contributed by atoms with E-state index in [2.05, 4.69) is 0 Å². The van der Waals surface area contributed by atoms with Crippen LogP contribution >= 0.6 is 0 Å². The van der Waals surface area contributed by atoms with Crippen LogP contribution in [0.1, 0.15) is 25.0 Å². The average molecular weight is 258 g/mol. The van der Waals surface area contributed by atoms with E-state index in [1.807, 2.05) is 38.1 Å². The highest BCUT2D eigenvalue weighted by Gasteiger charge is 2.18. The highest BCUT2D eigenvalue weighted by atomic mass is 16.3. The monoisotopic (exact) mass is 258 g/mol. The van der Waals surface area contributed by atoms with Crippen molar-refractivity contribution in [1.82, 2.24) is 0 Å². The van der Waals surface area contributed by atoms with Gasteiger partial charge in [-0.05, 0) is 35.6 Å². The van der Waals surface area contributed by atoms with Gasteiger partial charge >= 0.3 is 0 Å². The van der Waals surface area contributed by atoms with E-state index in [0.29, 0.717) is 12.0 Å². The predicted molar refractivity (Wildman–Crippen MR) is 75.6 cm³/mol. The number of hydrogen-bond acceptors (Lipinski definition) is 3. The summed E-state index contributed by atoms with van der Waals surface area (Å²) in [5.74, 6) is -0.997. The van der Waals surface area contributed by atoms with Crippen LogP contribution in [0.15, 0.2) is 30.3 Å². The number of aromatic hydroxyl groups is 3. The smallest absolute Gasteiger partial charge is 0.200 e. The largest absolute Gasteiger partial charge is 0.504 e. The van der Waals surface area contributed by atoms with Gasteiger partial charge in [-0.3, -0.25) is 0 Å². The highest BCUT2D eigenvalue weighted by molar-refractivity contribution is 5.80. The first-order valence-corrected chi connectivity index (χ1v) is 6.45. The summed E-state index contributed by atoms with van der Waals surface area (Å²) in [6, 6.07) is 9.28. The number of phenolic OH excluding ortho intramolecular Hbond substituents is 3. The third kappa shape index (κ3) is 2.24. The summed E-state index contributed by atoms with van der Waals surface area (Å²) >= 11 is 0. The summed E-state index contributed by atoms with van der Waals surface area (Å²) in [6.07, 6.45) is 1.50. The molecule has 0 amide bonds. The molecule has 0 bridgehead atoms. The summed E-state index contributed by atoms with van der Waals surface area (Å²) in [7, 11) is 0. The molecule has 0 atom stereocenters. The van der Waals surface area contributed by atoms with Crippen LogP contribution in [0.4, 0.5) is 0 Å². The van der Waals surface area contributed by atoms with Crippen molar-refractivity contribution >= 4 is 0 Å². The Bertz CT molecular complexity index is 603. The Labute approximate surface area is 112 Å². The molecule has 100 valence electrons. The maximum atomic E-state index is 10.2. The van der Waals surface area contributed by atoms with Crippen molar-refractivity contribution in [3.8, 4) is 28.4 Å². The lowest BCUT2D eigenvalue weighted by molar-refractivity contribution is 0.368. The van der Waals surface area contributed by atoms with Gasteiger partial charge in [-0.1, -0.05) is 38.1 Å². The van der Waals surface area contributed by atoms with Crippen LogP contribution < -0.4 is 0 Å². The molecule has 0 saturated heterocycles. The van der Waals surface area contributed by atoms with Gasteiger partial charge < -0.3 is 15.3 Å². The van der Waals surface area contributed by atoms with Gasteiger partial charge in [0.15, 0.2) is 11.5 Å². The minimum atomic E-state index is -0.460. The van der Waals surface area contributed by atoms with Gasteiger partial charge in [0.1, 0.15) is 0 Å². The van der Waals surface area contributed by atoms with E-state index in [4.69, 9.17) is 0 Å². The molecule has 3 heteroatoms. The van der Waals surface area contributed by atoms with E-state index in [9.17, 15) is 15.3 Å². The fourth-order valence-electron chi connectivity index (χ4n) is 2.35. The Morgan fingerprint density at radius 3 is 2.11 bits per heavy atom. The summed E-state index contributed by atoms with van der Waals surface area (Å²) in [4.78, 5) is 0. The summed E-state index contributed by atoms with van der Waals surface area (Å²) < 4.78 is 0. The van der Waals surface area contributed by atoms with E-state index < -0.39 is 5.75 Å². The van der Waals surface area contributed by atoms with Crippen LogP contribution in [-0.4, -0.2) is 15.3 Å². The molecule has 19 heavy (non-hydrogen) atoms. The molecule has 0 aliphatic heterocycles. The minimum absolute atomic E-state index is 0.252. The van der Waals surface area contributed by atoms with E-state index in [1.165, 1.54) is 6.07 Å². The molecule has 0 saturated carbocycles. The second-order valence-electron chi connectivity index (χ2n) is 4.49. The topological polar surface area (TPSA) is 60.7 Å². The standard InChI is InChI=1S/C16H18O3/c1-3-10-7-5-6-8-12(10)14-11(4-2)9-13(17)15(18)16(14)19/h5-9,17-19H,3-4H2,1-2H3. The molecule has 0 aliphatic carbocycles. The van der Waals surface area contributed by atoms with Crippen molar-refractivity contribution in [3.05, 3.63) is 41.5 Å². The third-order valence-electron chi connectivity index (χ3n) is 3.38. The highest BCUT2D eigenvalue weighted by Crippen LogP contribution is 2.45. The quantitative estimate of drug-likeness (QED) is 0.737. The van der Waals surface area contributed by atoms with Crippen molar-refractivity contribution in [1.29, 1.82) is 0 Å². The van der Waals surface area contributed by atoms with Crippen molar-refractivity contribution in [2.75, 3.05) is 0 Å². The molecule has 2 rings (SSSR count). The number of phenols is 3. The van der Waals surface area contributed by atoms with Crippen LogP contribution in [0.5, 0.6) is 17.2 Å². The molecule has 0 radical (unpaired) electrons. The van der Waals surface area contributed by atoms with E-state index in [-0.39, 0.29) is 11.5 Å². The third-order valence-corrected chi connectivity index (χ3v) is 3.38. The molecule has 2 aromatic carbocycles. The molecular weight excluding hydrogens is 240 g/mol. The van der Waals surface area contributed by atoms with Gasteiger partial charge in [0.25, 0.3) is 0 Å². The zero-order chi connectivity index (χ0) is 14.0. The first-order valence-electron chi connectivity index (χ1n) is 6.45. The Morgan fingerprint density at radius 2 is 1.47 bits per heavy atom. The zero-order valence-corrected chi connectivity index (χ0v) is 11.1.